The molecule has 4 heteroatoms. The quantitative estimate of drug-likeness (QED) is 0.385. The Bertz CT molecular complexity index is 747. The first kappa shape index (κ1) is 20.6. The zero-order chi connectivity index (χ0) is 19.5. The molecule has 0 saturated heterocycles. The van der Waals surface area contributed by atoms with E-state index in [0.29, 0.717) is 25.4 Å². The third kappa shape index (κ3) is 6.48. The molecule has 0 amide bonds. The SMILES string of the molecule is CCCOc1ccc(OCCC)c(C=CC(=O)c2ccc(OCC)cc2)c1. The molecule has 0 aliphatic heterocycles. The number of benzene rings is 2. The Labute approximate surface area is 161 Å². The van der Waals surface area contributed by atoms with Crippen molar-refractivity contribution < 1.29 is 19.0 Å². The molecular weight excluding hydrogens is 340 g/mol. The lowest BCUT2D eigenvalue weighted by atomic mass is 10.1. The molecule has 0 aromatic heterocycles. The topological polar surface area (TPSA) is 44.8 Å². The van der Waals surface area contributed by atoms with E-state index in [1.807, 2.05) is 25.1 Å². The van der Waals surface area contributed by atoms with Crippen molar-refractivity contribution in [2.75, 3.05) is 19.8 Å². The Hall–Kier alpha value is -2.75. The molecule has 2 aromatic rings. The van der Waals surface area contributed by atoms with Crippen LogP contribution in [0.1, 0.15) is 49.5 Å². The van der Waals surface area contributed by atoms with Crippen LogP contribution in [0.15, 0.2) is 48.5 Å². The molecule has 27 heavy (non-hydrogen) atoms. The van der Waals surface area contributed by atoms with E-state index in [4.69, 9.17) is 14.2 Å². The molecule has 0 spiro atoms. The van der Waals surface area contributed by atoms with E-state index >= 15 is 0 Å². The average molecular weight is 368 g/mol. The van der Waals surface area contributed by atoms with Crippen molar-refractivity contribution >= 4 is 11.9 Å². The summed E-state index contributed by atoms with van der Waals surface area (Å²) >= 11 is 0. The number of hydrogen-bond acceptors (Lipinski definition) is 4. The first-order valence-corrected chi connectivity index (χ1v) is 9.52. The zero-order valence-electron chi connectivity index (χ0n) is 16.4. The van der Waals surface area contributed by atoms with Gasteiger partial charge in [0.25, 0.3) is 0 Å². The van der Waals surface area contributed by atoms with Crippen LogP contribution < -0.4 is 14.2 Å². The Morgan fingerprint density at radius 3 is 2.19 bits per heavy atom. The molecule has 4 nitrogen and oxygen atoms in total. The van der Waals surface area contributed by atoms with Crippen molar-refractivity contribution in [2.45, 2.75) is 33.6 Å². The number of ketones is 1. The normalized spacial score (nSPS) is 10.8. The van der Waals surface area contributed by atoms with E-state index in [2.05, 4.69) is 13.8 Å². The van der Waals surface area contributed by atoms with Gasteiger partial charge < -0.3 is 14.2 Å². The highest BCUT2D eigenvalue weighted by atomic mass is 16.5. The lowest BCUT2D eigenvalue weighted by Gasteiger charge is -2.11. The summed E-state index contributed by atoms with van der Waals surface area (Å²) < 4.78 is 16.9. The monoisotopic (exact) mass is 368 g/mol. The molecule has 0 aliphatic carbocycles. The molecule has 0 atom stereocenters. The van der Waals surface area contributed by atoms with Gasteiger partial charge in [0.1, 0.15) is 17.2 Å². The summed E-state index contributed by atoms with van der Waals surface area (Å²) in [6.45, 7) is 7.94. The second-order valence-corrected chi connectivity index (χ2v) is 6.05. The number of hydrogen-bond donors (Lipinski definition) is 0. The third-order valence-electron chi connectivity index (χ3n) is 3.78. The Kier molecular flexibility index (Phi) is 8.43. The molecule has 2 rings (SSSR count). The molecule has 0 unspecified atom stereocenters. The van der Waals surface area contributed by atoms with Gasteiger partial charge >= 0.3 is 0 Å². The minimum absolute atomic E-state index is 0.0700. The van der Waals surface area contributed by atoms with Crippen LogP contribution in [0.2, 0.25) is 0 Å². The summed E-state index contributed by atoms with van der Waals surface area (Å²) in [5.74, 6) is 2.21. The van der Waals surface area contributed by atoms with Gasteiger partial charge in [-0.3, -0.25) is 4.79 Å². The van der Waals surface area contributed by atoms with Crippen LogP contribution in [0.4, 0.5) is 0 Å². The van der Waals surface area contributed by atoms with Crippen LogP contribution in [0, 0.1) is 0 Å². The van der Waals surface area contributed by atoms with Crippen LogP contribution in [0.3, 0.4) is 0 Å². The summed E-state index contributed by atoms with van der Waals surface area (Å²) in [5.41, 5.74) is 1.44. The average Bonchev–Trinajstić information content (AvgIpc) is 2.70. The van der Waals surface area contributed by atoms with Gasteiger partial charge in [-0.2, -0.15) is 0 Å². The molecule has 0 bridgehead atoms. The Morgan fingerprint density at radius 2 is 1.52 bits per heavy atom. The van der Waals surface area contributed by atoms with E-state index in [9.17, 15) is 4.79 Å². The fourth-order valence-electron chi connectivity index (χ4n) is 2.45. The Morgan fingerprint density at radius 1 is 0.852 bits per heavy atom. The zero-order valence-corrected chi connectivity index (χ0v) is 16.4. The second kappa shape index (κ2) is 11.1. The van der Waals surface area contributed by atoms with Gasteiger partial charge in [-0.1, -0.05) is 13.8 Å². The fraction of sp³-hybridized carbons (Fsp3) is 0.348. The lowest BCUT2D eigenvalue weighted by Crippen LogP contribution is -2.00. The maximum absolute atomic E-state index is 12.5. The minimum Gasteiger partial charge on any atom is -0.494 e. The number of ether oxygens (including phenoxy) is 3. The number of carbonyl (C=O) groups is 1. The number of rotatable bonds is 11. The van der Waals surface area contributed by atoms with Gasteiger partial charge in [-0.25, -0.2) is 0 Å². The number of carbonyl (C=O) groups excluding carboxylic acids is 1. The standard InChI is InChI=1S/C23H28O4/c1-4-15-26-21-12-14-23(27-16-5-2)19(17-21)9-13-22(24)18-7-10-20(11-8-18)25-6-3/h7-14,17H,4-6,15-16H2,1-3H3. The van der Waals surface area contributed by atoms with E-state index in [1.54, 1.807) is 36.4 Å². The molecule has 0 aliphatic rings. The van der Waals surface area contributed by atoms with Gasteiger partial charge in [0, 0.05) is 11.1 Å². The van der Waals surface area contributed by atoms with Crippen LogP contribution in [0.25, 0.3) is 6.08 Å². The summed E-state index contributed by atoms with van der Waals surface area (Å²) in [5, 5.41) is 0. The third-order valence-corrected chi connectivity index (χ3v) is 3.78. The van der Waals surface area contributed by atoms with Crippen molar-refractivity contribution in [3.05, 3.63) is 59.7 Å². The van der Waals surface area contributed by atoms with Crippen molar-refractivity contribution in [1.29, 1.82) is 0 Å². The van der Waals surface area contributed by atoms with Crippen LogP contribution in [-0.2, 0) is 0 Å². The van der Waals surface area contributed by atoms with Crippen LogP contribution in [0.5, 0.6) is 17.2 Å². The number of allylic oxidation sites excluding steroid dienone is 1. The maximum Gasteiger partial charge on any atom is 0.185 e. The van der Waals surface area contributed by atoms with Gasteiger partial charge in [0.15, 0.2) is 5.78 Å². The molecular formula is C23H28O4. The summed E-state index contributed by atoms with van der Waals surface area (Å²) in [6, 6.07) is 12.8. The lowest BCUT2D eigenvalue weighted by molar-refractivity contribution is 0.104. The summed E-state index contributed by atoms with van der Waals surface area (Å²) in [6.07, 6.45) is 5.20. The molecule has 2 aromatic carbocycles. The molecule has 0 heterocycles. The van der Waals surface area contributed by atoms with Gasteiger partial charge in [-0.15, -0.1) is 0 Å². The van der Waals surface area contributed by atoms with Crippen molar-refractivity contribution in [1.82, 2.24) is 0 Å². The van der Waals surface area contributed by atoms with E-state index in [-0.39, 0.29) is 5.78 Å². The minimum atomic E-state index is -0.0700. The predicted octanol–water partition coefficient (Wildman–Crippen LogP) is 5.56. The molecule has 0 saturated carbocycles. The fourth-order valence-corrected chi connectivity index (χ4v) is 2.45. The van der Waals surface area contributed by atoms with Crippen LogP contribution in [-0.4, -0.2) is 25.6 Å². The van der Waals surface area contributed by atoms with Crippen LogP contribution >= 0.6 is 0 Å². The second-order valence-electron chi connectivity index (χ2n) is 6.05. The van der Waals surface area contributed by atoms with Crippen molar-refractivity contribution in [2.24, 2.45) is 0 Å². The highest BCUT2D eigenvalue weighted by molar-refractivity contribution is 6.07. The maximum atomic E-state index is 12.5. The molecule has 144 valence electrons. The first-order chi connectivity index (χ1) is 13.2. The Balaban J connectivity index is 2.17. The summed E-state index contributed by atoms with van der Waals surface area (Å²) in [4.78, 5) is 12.5. The highest BCUT2D eigenvalue weighted by Crippen LogP contribution is 2.26. The first-order valence-electron chi connectivity index (χ1n) is 9.52. The van der Waals surface area contributed by atoms with Crippen molar-refractivity contribution in [3.63, 3.8) is 0 Å². The molecule has 0 N–H and O–H groups in total. The summed E-state index contributed by atoms with van der Waals surface area (Å²) in [7, 11) is 0. The van der Waals surface area contributed by atoms with Gasteiger partial charge in [-0.05, 0) is 74.4 Å². The van der Waals surface area contributed by atoms with E-state index in [0.717, 1.165) is 35.7 Å². The van der Waals surface area contributed by atoms with Gasteiger partial charge in [0.2, 0.25) is 0 Å². The molecule has 0 radical (unpaired) electrons. The van der Waals surface area contributed by atoms with E-state index in [1.165, 1.54) is 0 Å². The highest BCUT2D eigenvalue weighted by Gasteiger charge is 2.06. The smallest absolute Gasteiger partial charge is 0.185 e. The predicted molar refractivity (Wildman–Crippen MR) is 109 cm³/mol. The van der Waals surface area contributed by atoms with Gasteiger partial charge in [0.05, 0.1) is 19.8 Å². The molecule has 0 fully saturated rings. The largest absolute Gasteiger partial charge is 0.494 e. The van der Waals surface area contributed by atoms with Crippen molar-refractivity contribution in [3.8, 4) is 17.2 Å². The van der Waals surface area contributed by atoms with E-state index < -0.39 is 0 Å².